The van der Waals surface area contributed by atoms with Crippen LogP contribution in [0.1, 0.15) is 35.3 Å². The van der Waals surface area contributed by atoms with Gasteiger partial charge in [0, 0.05) is 17.6 Å². The maximum Gasteiger partial charge on any atom is 0.255 e. The summed E-state index contributed by atoms with van der Waals surface area (Å²) in [7, 11) is 0. The minimum Gasteiger partial charge on any atom is -0.490 e. The number of carbonyl (C=O) groups is 1. The molecule has 1 aliphatic rings. The first-order chi connectivity index (χ1) is 12.1. The molecular weight excluding hydrogens is 382 g/mol. The van der Waals surface area contributed by atoms with Gasteiger partial charge in [-0.2, -0.15) is 0 Å². The molecule has 2 aromatic carbocycles. The van der Waals surface area contributed by atoms with Crippen molar-refractivity contribution in [3.8, 4) is 11.5 Å². The summed E-state index contributed by atoms with van der Waals surface area (Å²) in [5.74, 6) is 1.58. The number of amides is 1. The van der Waals surface area contributed by atoms with Gasteiger partial charge in [-0.3, -0.25) is 4.79 Å². The molecule has 3 rings (SSSR count). The lowest BCUT2D eigenvalue weighted by molar-refractivity contribution is 0.0733. The highest BCUT2D eigenvalue weighted by molar-refractivity contribution is 9.10. The van der Waals surface area contributed by atoms with Crippen LogP contribution in [-0.2, 0) is 13.0 Å². The number of halogens is 1. The highest BCUT2D eigenvalue weighted by atomic mass is 79.9. The molecule has 132 valence electrons. The van der Waals surface area contributed by atoms with Crippen molar-refractivity contribution in [1.82, 2.24) is 4.90 Å². The van der Waals surface area contributed by atoms with E-state index in [1.165, 1.54) is 5.56 Å². The summed E-state index contributed by atoms with van der Waals surface area (Å²) in [6, 6.07) is 11.6. The van der Waals surface area contributed by atoms with Crippen LogP contribution in [0.4, 0.5) is 0 Å². The lowest BCUT2D eigenvalue weighted by Crippen LogP contribution is -2.36. The number of rotatable bonds is 5. The predicted molar refractivity (Wildman–Crippen MR) is 101 cm³/mol. The highest BCUT2D eigenvalue weighted by Gasteiger charge is 2.24. The Morgan fingerprint density at radius 3 is 2.36 bits per heavy atom. The first-order valence-electron chi connectivity index (χ1n) is 8.59. The molecule has 0 atom stereocenters. The van der Waals surface area contributed by atoms with E-state index in [1.807, 2.05) is 49.1 Å². The summed E-state index contributed by atoms with van der Waals surface area (Å²) in [4.78, 5) is 14.7. The largest absolute Gasteiger partial charge is 0.490 e. The second-order valence-electron chi connectivity index (χ2n) is 5.89. The Kier molecular flexibility index (Phi) is 5.63. The molecule has 2 aromatic rings. The summed E-state index contributed by atoms with van der Waals surface area (Å²) in [6.07, 6.45) is 0.817. The molecule has 4 nitrogen and oxygen atoms in total. The van der Waals surface area contributed by atoms with Crippen molar-refractivity contribution < 1.29 is 14.3 Å². The topological polar surface area (TPSA) is 38.8 Å². The number of ether oxygens (including phenoxy) is 2. The normalized spacial score (nSPS) is 13.3. The molecule has 5 heteroatoms. The Bertz CT molecular complexity index is 776. The summed E-state index contributed by atoms with van der Waals surface area (Å²) in [6.45, 7) is 6.39. The minimum atomic E-state index is 0.0463. The van der Waals surface area contributed by atoms with Gasteiger partial charge in [-0.25, -0.2) is 0 Å². The van der Waals surface area contributed by atoms with Gasteiger partial charge in [0.2, 0.25) is 0 Å². The summed E-state index contributed by atoms with van der Waals surface area (Å²) in [5, 5.41) is 0. The van der Waals surface area contributed by atoms with E-state index in [0.29, 0.717) is 31.9 Å². The molecule has 1 heterocycles. The van der Waals surface area contributed by atoms with Crippen molar-refractivity contribution in [2.75, 3.05) is 19.8 Å². The molecule has 0 fully saturated rings. The summed E-state index contributed by atoms with van der Waals surface area (Å²) >= 11 is 3.47. The van der Waals surface area contributed by atoms with E-state index in [-0.39, 0.29) is 5.91 Å². The molecule has 1 aliphatic heterocycles. The molecule has 1 amide bonds. The predicted octanol–water partition coefficient (Wildman–Crippen LogP) is 4.45. The fourth-order valence-corrected chi connectivity index (χ4v) is 3.53. The SMILES string of the molecule is CCOc1cc2c(cc1OCC)CN(C(=O)c1ccccc1Br)CC2. The molecule has 0 saturated heterocycles. The zero-order valence-corrected chi connectivity index (χ0v) is 16.1. The van der Waals surface area contributed by atoms with Crippen LogP contribution in [-0.4, -0.2) is 30.6 Å². The van der Waals surface area contributed by atoms with Crippen molar-refractivity contribution >= 4 is 21.8 Å². The van der Waals surface area contributed by atoms with Crippen LogP contribution in [0, 0.1) is 0 Å². The Morgan fingerprint density at radius 2 is 1.72 bits per heavy atom. The van der Waals surface area contributed by atoms with E-state index in [2.05, 4.69) is 22.0 Å². The zero-order chi connectivity index (χ0) is 17.8. The van der Waals surface area contributed by atoms with Crippen molar-refractivity contribution in [2.45, 2.75) is 26.8 Å². The molecule has 0 N–H and O–H groups in total. The first kappa shape index (κ1) is 17.8. The number of hydrogen-bond acceptors (Lipinski definition) is 3. The number of fused-ring (bicyclic) bond motifs is 1. The molecule has 0 radical (unpaired) electrons. The van der Waals surface area contributed by atoms with Gasteiger partial charge in [0.15, 0.2) is 11.5 Å². The third-order valence-corrected chi connectivity index (χ3v) is 4.96. The van der Waals surface area contributed by atoms with Gasteiger partial charge < -0.3 is 14.4 Å². The lowest BCUT2D eigenvalue weighted by Gasteiger charge is -2.30. The zero-order valence-electron chi connectivity index (χ0n) is 14.5. The molecule has 25 heavy (non-hydrogen) atoms. The van der Waals surface area contributed by atoms with Crippen molar-refractivity contribution in [1.29, 1.82) is 0 Å². The van der Waals surface area contributed by atoms with Crippen LogP contribution in [0.15, 0.2) is 40.9 Å². The number of carbonyl (C=O) groups excluding carboxylic acids is 1. The van der Waals surface area contributed by atoms with Gasteiger partial charge in [-0.05, 0) is 71.6 Å². The maximum atomic E-state index is 12.9. The highest BCUT2D eigenvalue weighted by Crippen LogP contribution is 2.34. The van der Waals surface area contributed by atoms with Crippen molar-refractivity contribution in [3.05, 3.63) is 57.6 Å². The van der Waals surface area contributed by atoms with E-state index in [4.69, 9.17) is 9.47 Å². The van der Waals surface area contributed by atoms with Gasteiger partial charge >= 0.3 is 0 Å². The van der Waals surface area contributed by atoms with Crippen LogP contribution in [0.5, 0.6) is 11.5 Å². The smallest absolute Gasteiger partial charge is 0.255 e. The average Bonchev–Trinajstić information content (AvgIpc) is 2.62. The number of benzene rings is 2. The third kappa shape index (κ3) is 3.82. The monoisotopic (exact) mass is 403 g/mol. The van der Waals surface area contributed by atoms with E-state index >= 15 is 0 Å². The minimum absolute atomic E-state index is 0.0463. The van der Waals surface area contributed by atoms with Gasteiger partial charge in [0.05, 0.1) is 18.8 Å². The van der Waals surface area contributed by atoms with Gasteiger partial charge in [-0.1, -0.05) is 12.1 Å². The van der Waals surface area contributed by atoms with Crippen molar-refractivity contribution in [3.63, 3.8) is 0 Å². The first-order valence-corrected chi connectivity index (χ1v) is 9.38. The maximum absolute atomic E-state index is 12.9. The van der Waals surface area contributed by atoms with Gasteiger partial charge in [0.25, 0.3) is 5.91 Å². The second kappa shape index (κ2) is 7.91. The molecular formula is C20H22BrNO3. The standard InChI is InChI=1S/C20H22BrNO3/c1-3-24-18-11-14-9-10-22(13-15(14)12-19(18)25-4-2)20(23)16-7-5-6-8-17(16)21/h5-8,11-12H,3-4,9-10,13H2,1-2H3. The molecule has 0 saturated carbocycles. The van der Waals surface area contributed by atoms with Crippen LogP contribution >= 0.6 is 15.9 Å². The average molecular weight is 404 g/mol. The van der Waals surface area contributed by atoms with Gasteiger partial charge in [-0.15, -0.1) is 0 Å². The van der Waals surface area contributed by atoms with E-state index in [9.17, 15) is 4.79 Å². The van der Waals surface area contributed by atoms with Crippen LogP contribution in [0.25, 0.3) is 0 Å². The lowest BCUT2D eigenvalue weighted by atomic mass is 9.98. The van der Waals surface area contributed by atoms with Crippen molar-refractivity contribution in [2.24, 2.45) is 0 Å². The molecule has 0 bridgehead atoms. The Labute approximate surface area is 156 Å². The van der Waals surface area contributed by atoms with Gasteiger partial charge in [0.1, 0.15) is 0 Å². The summed E-state index contributed by atoms with van der Waals surface area (Å²) in [5.41, 5.74) is 3.04. The molecule has 0 spiro atoms. The van der Waals surface area contributed by atoms with Crippen LogP contribution in [0.3, 0.4) is 0 Å². The fourth-order valence-electron chi connectivity index (χ4n) is 3.08. The fraction of sp³-hybridized carbons (Fsp3) is 0.350. The molecule has 0 aromatic heterocycles. The Hall–Kier alpha value is -2.01. The molecule has 0 unspecified atom stereocenters. The second-order valence-corrected chi connectivity index (χ2v) is 6.74. The molecule has 0 aliphatic carbocycles. The van der Waals surface area contributed by atoms with Crippen LogP contribution in [0.2, 0.25) is 0 Å². The van der Waals surface area contributed by atoms with E-state index < -0.39 is 0 Å². The Balaban J connectivity index is 1.86. The number of nitrogens with zero attached hydrogens (tertiary/aromatic N) is 1. The summed E-state index contributed by atoms with van der Waals surface area (Å²) < 4.78 is 12.2. The van der Waals surface area contributed by atoms with E-state index in [1.54, 1.807) is 0 Å². The Morgan fingerprint density at radius 1 is 1.08 bits per heavy atom. The quantitative estimate of drug-likeness (QED) is 0.740. The third-order valence-electron chi connectivity index (χ3n) is 4.27. The van der Waals surface area contributed by atoms with E-state index in [0.717, 1.165) is 28.0 Å². The van der Waals surface area contributed by atoms with Crippen LogP contribution < -0.4 is 9.47 Å². The number of hydrogen-bond donors (Lipinski definition) is 0.